The molecule has 0 aliphatic carbocycles. The largest absolute Gasteiger partial charge is 0.493 e. The Bertz CT molecular complexity index is 827. The van der Waals surface area contributed by atoms with Crippen molar-refractivity contribution in [3.8, 4) is 5.75 Å². The summed E-state index contributed by atoms with van der Waals surface area (Å²) in [4.78, 5) is 30.9. The zero-order chi connectivity index (χ0) is 17.1. The van der Waals surface area contributed by atoms with Gasteiger partial charge in [0.2, 0.25) is 5.91 Å². The summed E-state index contributed by atoms with van der Waals surface area (Å²) in [5.74, 6) is 1.30. The number of aryl methyl sites for hydroxylation is 3. The average Bonchev–Trinajstić information content (AvgIpc) is 2.56. The Hall–Kier alpha value is -2.63. The topological polar surface area (TPSA) is 84.1 Å². The van der Waals surface area contributed by atoms with E-state index in [2.05, 4.69) is 21.4 Å². The Balaban J connectivity index is 1.63. The van der Waals surface area contributed by atoms with Gasteiger partial charge in [-0.05, 0) is 43.9 Å². The van der Waals surface area contributed by atoms with Crippen LogP contribution in [0.25, 0.3) is 0 Å². The SMILES string of the molecule is Cc1nc(C)c(CC(=O)NCc2ccc3c(c2)CCCO3)c(=O)[nH]1. The molecule has 0 saturated carbocycles. The first kappa shape index (κ1) is 16.2. The predicted molar refractivity (Wildman–Crippen MR) is 90.1 cm³/mol. The van der Waals surface area contributed by atoms with Crippen LogP contribution in [0.5, 0.6) is 5.75 Å². The molecule has 1 aromatic carbocycles. The molecule has 24 heavy (non-hydrogen) atoms. The molecule has 2 heterocycles. The van der Waals surface area contributed by atoms with Gasteiger partial charge in [0.05, 0.1) is 13.0 Å². The van der Waals surface area contributed by atoms with Crippen molar-refractivity contribution in [3.63, 3.8) is 0 Å². The molecule has 1 aromatic heterocycles. The van der Waals surface area contributed by atoms with Crippen molar-refractivity contribution in [3.05, 3.63) is 56.8 Å². The van der Waals surface area contributed by atoms with Gasteiger partial charge < -0.3 is 15.0 Å². The molecule has 1 amide bonds. The normalized spacial score (nSPS) is 13.1. The maximum atomic E-state index is 12.1. The fourth-order valence-corrected chi connectivity index (χ4v) is 2.91. The van der Waals surface area contributed by atoms with E-state index in [9.17, 15) is 9.59 Å². The lowest BCUT2D eigenvalue weighted by Crippen LogP contribution is -2.29. The second-order valence-corrected chi connectivity index (χ2v) is 6.06. The van der Waals surface area contributed by atoms with E-state index >= 15 is 0 Å². The summed E-state index contributed by atoms with van der Waals surface area (Å²) >= 11 is 0. The van der Waals surface area contributed by atoms with Gasteiger partial charge in [-0.1, -0.05) is 12.1 Å². The zero-order valence-corrected chi connectivity index (χ0v) is 13.9. The molecular weight excluding hydrogens is 306 g/mol. The molecule has 3 rings (SSSR count). The Labute approximate surface area is 140 Å². The second kappa shape index (κ2) is 6.86. The highest BCUT2D eigenvalue weighted by Crippen LogP contribution is 2.25. The van der Waals surface area contributed by atoms with Crippen molar-refractivity contribution in [2.75, 3.05) is 6.61 Å². The molecule has 1 aliphatic rings. The summed E-state index contributed by atoms with van der Waals surface area (Å²) in [6.45, 7) is 4.66. The minimum Gasteiger partial charge on any atom is -0.493 e. The average molecular weight is 327 g/mol. The summed E-state index contributed by atoms with van der Waals surface area (Å²) in [5.41, 5.74) is 2.97. The zero-order valence-electron chi connectivity index (χ0n) is 13.9. The summed E-state index contributed by atoms with van der Waals surface area (Å²) < 4.78 is 5.59. The summed E-state index contributed by atoms with van der Waals surface area (Å²) in [6.07, 6.45) is 2.05. The van der Waals surface area contributed by atoms with Crippen molar-refractivity contribution in [2.45, 2.75) is 39.7 Å². The molecule has 2 N–H and O–H groups in total. The van der Waals surface area contributed by atoms with Crippen LogP contribution in [0.3, 0.4) is 0 Å². The number of amides is 1. The van der Waals surface area contributed by atoms with Crippen molar-refractivity contribution in [1.82, 2.24) is 15.3 Å². The van der Waals surface area contributed by atoms with Crippen LogP contribution in [0.4, 0.5) is 0 Å². The number of hydrogen-bond donors (Lipinski definition) is 2. The minimum atomic E-state index is -0.249. The number of aromatic nitrogens is 2. The third-order valence-corrected chi connectivity index (χ3v) is 4.14. The fourth-order valence-electron chi connectivity index (χ4n) is 2.91. The van der Waals surface area contributed by atoms with Crippen molar-refractivity contribution in [2.24, 2.45) is 0 Å². The van der Waals surface area contributed by atoms with E-state index in [1.54, 1.807) is 13.8 Å². The molecule has 0 bridgehead atoms. The number of aromatic amines is 1. The van der Waals surface area contributed by atoms with Crippen LogP contribution in [0.2, 0.25) is 0 Å². The molecular formula is C18H21N3O3. The molecule has 126 valence electrons. The highest BCUT2D eigenvalue weighted by molar-refractivity contribution is 5.78. The fraction of sp³-hybridized carbons (Fsp3) is 0.389. The second-order valence-electron chi connectivity index (χ2n) is 6.06. The van der Waals surface area contributed by atoms with Crippen molar-refractivity contribution in [1.29, 1.82) is 0 Å². The van der Waals surface area contributed by atoms with E-state index in [-0.39, 0.29) is 17.9 Å². The van der Waals surface area contributed by atoms with E-state index in [4.69, 9.17) is 4.74 Å². The third kappa shape index (κ3) is 3.64. The number of nitrogens with zero attached hydrogens (tertiary/aromatic N) is 1. The van der Waals surface area contributed by atoms with Crippen LogP contribution in [-0.4, -0.2) is 22.5 Å². The number of carbonyl (C=O) groups is 1. The van der Waals surface area contributed by atoms with Gasteiger partial charge in [0, 0.05) is 17.8 Å². The molecule has 0 radical (unpaired) electrons. The number of nitrogens with one attached hydrogen (secondary N) is 2. The summed E-state index contributed by atoms with van der Waals surface area (Å²) in [6, 6.07) is 5.98. The lowest BCUT2D eigenvalue weighted by Gasteiger charge is -2.18. The molecule has 0 saturated heterocycles. The van der Waals surface area contributed by atoms with E-state index in [0.29, 0.717) is 23.6 Å². The lowest BCUT2D eigenvalue weighted by molar-refractivity contribution is -0.120. The van der Waals surface area contributed by atoms with Gasteiger partial charge in [0.15, 0.2) is 0 Å². The van der Waals surface area contributed by atoms with Crippen LogP contribution < -0.4 is 15.6 Å². The van der Waals surface area contributed by atoms with Gasteiger partial charge in [-0.15, -0.1) is 0 Å². The Morgan fingerprint density at radius 3 is 3.00 bits per heavy atom. The molecule has 0 atom stereocenters. The molecule has 1 aliphatic heterocycles. The Morgan fingerprint density at radius 2 is 2.21 bits per heavy atom. The number of carbonyl (C=O) groups excluding carboxylic acids is 1. The van der Waals surface area contributed by atoms with Crippen LogP contribution in [0.1, 0.15) is 34.6 Å². The summed E-state index contributed by atoms with van der Waals surface area (Å²) in [5, 5.41) is 2.86. The molecule has 6 nitrogen and oxygen atoms in total. The number of H-pyrrole nitrogens is 1. The quantitative estimate of drug-likeness (QED) is 0.893. The molecule has 0 fully saturated rings. The third-order valence-electron chi connectivity index (χ3n) is 4.14. The van der Waals surface area contributed by atoms with Gasteiger partial charge in [-0.25, -0.2) is 4.98 Å². The first-order valence-corrected chi connectivity index (χ1v) is 8.10. The van der Waals surface area contributed by atoms with Crippen LogP contribution in [0, 0.1) is 13.8 Å². The van der Waals surface area contributed by atoms with Gasteiger partial charge in [-0.3, -0.25) is 9.59 Å². The lowest BCUT2D eigenvalue weighted by atomic mass is 10.0. The van der Waals surface area contributed by atoms with Gasteiger partial charge in [-0.2, -0.15) is 0 Å². The standard InChI is InChI=1S/C18H21N3O3/c1-11-15(18(23)21-12(2)20-11)9-17(22)19-10-13-5-6-16-14(8-13)4-3-7-24-16/h5-6,8H,3-4,7,9-10H2,1-2H3,(H,19,22)(H,20,21,23). The number of ether oxygens (including phenoxy) is 1. The number of rotatable bonds is 4. The van der Waals surface area contributed by atoms with Crippen molar-refractivity contribution >= 4 is 5.91 Å². The maximum Gasteiger partial charge on any atom is 0.254 e. The highest BCUT2D eigenvalue weighted by atomic mass is 16.5. The minimum absolute atomic E-state index is 0.0303. The Morgan fingerprint density at radius 1 is 1.38 bits per heavy atom. The molecule has 0 spiro atoms. The van der Waals surface area contributed by atoms with E-state index in [1.165, 1.54) is 5.56 Å². The maximum absolute atomic E-state index is 12.1. The molecule has 2 aromatic rings. The molecule has 0 unspecified atom stereocenters. The predicted octanol–water partition coefficient (Wildman–Crippen LogP) is 1.57. The Kier molecular flexibility index (Phi) is 4.64. The molecule has 6 heteroatoms. The first-order valence-electron chi connectivity index (χ1n) is 8.10. The van der Waals surface area contributed by atoms with E-state index in [1.807, 2.05) is 12.1 Å². The highest BCUT2D eigenvalue weighted by Gasteiger charge is 2.13. The van der Waals surface area contributed by atoms with Crippen LogP contribution in [0.15, 0.2) is 23.0 Å². The monoisotopic (exact) mass is 327 g/mol. The smallest absolute Gasteiger partial charge is 0.254 e. The van der Waals surface area contributed by atoms with E-state index in [0.717, 1.165) is 30.8 Å². The van der Waals surface area contributed by atoms with Gasteiger partial charge in [0.1, 0.15) is 11.6 Å². The number of benzene rings is 1. The van der Waals surface area contributed by atoms with Crippen LogP contribution in [-0.2, 0) is 24.2 Å². The summed E-state index contributed by atoms with van der Waals surface area (Å²) in [7, 11) is 0. The van der Waals surface area contributed by atoms with Crippen molar-refractivity contribution < 1.29 is 9.53 Å². The van der Waals surface area contributed by atoms with Crippen LogP contribution >= 0.6 is 0 Å². The number of fused-ring (bicyclic) bond motifs is 1. The number of hydrogen-bond acceptors (Lipinski definition) is 4. The van der Waals surface area contributed by atoms with Gasteiger partial charge in [0.25, 0.3) is 5.56 Å². The first-order chi connectivity index (χ1) is 11.5. The van der Waals surface area contributed by atoms with Gasteiger partial charge >= 0.3 is 0 Å². The van der Waals surface area contributed by atoms with E-state index < -0.39 is 0 Å².